The number of ether oxygens (including phenoxy) is 1. The highest BCUT2D eigenvalue weighted by Gasteiger charge is 2.15. The Balaban J connectivity index is 2.29. The molecule has 0 radical (unpaired) electrons. The number of benzene rings is 1. The molecule has 2 heterocycles. The highest BCUT2D eigenvalue weighted by Crippen LogP contribution is 2.29. The van der Waals surface area contributed by atoms with Gasteiger partial charge in [0, 0.05) is 41.3 Å². The summed E-state index contributed by atoms with van der Waals surface area (Å²) in [6.45, 7) is 0. The fraction of sp³-hybridized carbons (Fsp3) is 0.0625. The molecule has 0 amide bonds. The number of aromatic nitrogens is 2. The molecule has 98 valence electrons. The molecular weight excluding hydrogens is 252 g/mol. The summed E-state index contributed by atoms with van der Waals surface area (Å²) in [4.78, 5) is 20.2. The predicted molar refractivity (Wildman–Crippen MR) is 76.3 cm³/mol. The second-order valence-corrected chi connectivity index (χ2v) is 4.32. The van der Waals surface area contributed by atoms with Crippen molar-refractivity contribution in [2.24, 2.45) is 0 Å². The van der Waals surface area contributed by atoms with Gasteiger partial charge in [0.15, 0.2) is 0 Å². The second kappa shape index (κ2) is 5.09. The van der Waals surface area contributed by atoms with E-state index in [9.17, 15) is 4.79 Å². The highest BCUT2D eigenvalue weighted by atomic mass is 16.5. The Kier molecular flexibility index (Phi) is 3.13. The van der Waals surface area contributed by atoms with Crippen LogP contribution in [0.25, 0.3) is 21.9 Å². The van der Waals surface area contributed by atoms with E-state index in [1.165, 1.54) is 7.11 Å². The van der Waals surface area contributed by atoms with Gasteiger partial charge in [0.25, 0.3) is 0 Å². The molecular formula is C16H12N2O2. The van der Waals surface area contributed by atoms with Crippen LogP contribution < -0.4 is 0 Å². The van der Waals surface area contributed by atoms with E-state index >= 15 is 0 Å². The number of hydrogen-bond donors (Lipinski definition) is 0. The van der Waals surface area contributed by atoms with Crippen molar-refractivity contribution >= 4 is 16.7 Å². The normalized spacial score (nSPS) is 10.4. The van der Waals surface area contributed by atoms with Crippen molar-refractivity contribution in [3.8, 4) is 11.1 Å². The number of esters is 1. The standard InChI is InChI=1S/C16H12N2O2/c1-20-16(19)13-6-7-17-9-15(13)14-10-18-8-11-4-2-3-5-12(11)14/h2-10H,1H3. The lowest BCUT2D eigenvalue weighted by Crippen LogP contribution is -2.04. The van der Waals surface area contributed by atoms with Gasteiger partial charge in [0.05, 0.1) is 12.7 Å². The average Bonchev–Trinajstić information content (AvgIpc) is 2.53. The van der Waals surface area contributed by atoms with Crippen molar-refractivity contribution in [2.45, 2.75) is 0 Å². The van der Waals surface area contributed by atoms with E-state index in [1.807, 2.05) is 24.3 Å². The zero-order chi connectivity index (χ0) is 13.9. The molecule has 0 atom stereocenters. The fourth-order valence-corrected chi connectivity index (χ4v) is 2.23. The van der Waals surface area contributed by atoms with Crippen molar-refractivity contribution in [1.29, 1.82) is 0 Å². The van der Waals surface area contributed by atoms with Crippen LogP contribution >= 0.6 is 0 Å². The topological polar surface area (TPSA) is 52.1 Å². The Hall–Kier alpha value is -2.75. The molecule has 1 aromatic carbocycles. The minimum absolute atomic E-state index is 0.379. The molecule has 0 aliphatic rings. The van der Waals surface area contributed by atoms with Crippen molar-refractivity contribution in [2.75, 3.05) is 7.11 Å². The molecule has 4 heteroatoms. The Morgan fingerprint density at radius 1 is 1.00 bits per heavy atom. The van der Waals surface area contributed by atoms with Gasteiger partial charge < -0.3 is 4.74 Å². The lowest BCUT2D eigenvalue weighted by atomic mass is 9.98. The molecule has 0 bridgehead atoms. The summed E-state index contributed by atoms with van der Waals surface area (Å²) < 4.78 is 4.82. The van der Waals surface area contributed by atoms with E-state index in [0.29, 0.717) is 5.56 Å². The lowest BCUT2D eigenvalue weighted by Gasteiger charge is -2.09. The molecule has 3 rings (SSSR count). The maximum atomic E-state index is 11.9. The molecule has 0 fully saturated rings. The third-order valence-electron chi connectivity index (χ3n) is 3.18. The van der Waals surface area contributed by atoms with E-state index in [1.54, 1.807) is 30.9 Å². The van der Waals surface area contributed by atoms with Crippen LogP contribution in [0.1, 0.15) is 10.4 Å². The number of hydrogen-bond acceptors (Lipinski definition) is 4. The molecule has 0 N–H and O–H groups in total. The Bertz CT molecular complexity index is 779. The van der Waals surface area contributed by atoms with Crippen molar-refractivity contribution < 1.29 is 9.53 Å². The minimum Gasteiger partial charge on any atom is -0.465 e. The van der Waals surface area contributed by atoms with Crippen molar-refractivity contribution in [1.82, 2.24) is 9.97 Å². The molecule has 0 aliphatic carbocycles. The maximum Gasteiger partial charge on any atom is 0.338 e. The predicted octanol–water partition coefficient (Wildman–Crippen LogP) is 3.08. The minimum atomic E-state index is -0.379. The number of methoxy groups -OCH3 is 1. The quantitative estimate of drug-likeness (QED) is 0.667. The first-order valence-electron chi connectivity index (χ1n) is 6.16. The average molecular weight is 264 g/mol. The summed E-state index contributed by atoms with van der Waals surface area (Å²) in [6, 6.07) is 9.56. The van der Waals surface area contributed by atoms with Crippen LogP contribution in [0, 0.1) is 0 Å². The summed E-state index contributed by atoms with van der Waals surface area (Å²) in [7, 11) is 1.37. The third-order valence-corrected chi connectivity index (χ3v) is 3.18. The Labute approximate surface area is 116 Å². The van der Waals surface area contributed by atoms with Crippen molar-refractivity contribution in [3.05, 3.63) is 60.7 Å². The Morgan fingerprint density at radius 3 is 2.65 bits per heavy atom. The molecule has 3 aromatic rings. The number of nitrogens with zero attached hydrogens (tertiary/aromatic N) is 2. The summed E-state index contributed by atoms with van der Waals surface area (Å²) >= 11 is 0. The number of rotatable bonds is 2. The number of fused-ring (bicyclic) bond motifs is 1. The maximum absolute atomic E-state index is 11.9. The zero-order valence-corrected chi connectivity index (χ0v) is 10.9. The molecule has 20 heavy (non-hydrogen) atoms. The van der Waals surface area contributed by atoms with Gasteiger partial charge in [-0.05, 0) is 11.5 Å². The van der Waals surface area contributed by atoms with Gasteiger partial charge >= 0.3 is 5.97 Å². The van der Waals surface area contributed by atoms with Gasteiger partial charge in [-0.1, -0.05) is 24.3 Å². The first-order chi connectivity index (χ1) is 9.81. The number of carbonyl (C=O) groups excluding carboxylic acids is 1. The van der Waals surface area contributed by atoms with E-state index in [4.69, 9.17) is 4.74 Å². The van der Waals surface area contributed by atoms with Gasteiger partial charge in [0.1, 0.15) is 0 Å². The fourth-order valence-electron chi connectivity index (χ4n) is 2.23. The molecule has 0 spiro atoms. The summed E-state index contributed by atoms with van der Waals surface area (Å²) in [5.74, 6) is -0.379. The number of carbonyl (C=O) groups is 1. The molecule has 2 aromatic heterocycles. The van der Waals surface area contributed by atoms with Gasteiger partial charge in [-0.3, -0.25) is 9.97 Å². The zero-order valence-electron chi connectivity index (χ0n) is 10.9. The van der Waals surface area contributed by atoms with E-state index in [-0.39, 0.29) is 5.97 Å². The molecule has 0 unspecified atom stereocenters. The number of pyridine rings is 2. The lowest BCUT2D eigenvalue weighted by molar-refractivity contribution is 0.0601. The first kappa shape index (κ1) is 12.3. The molecule has 4 nitrogen and oxygen atoms in total. The van der Waals surface area contributed by atoms with Crippen LogP contribution in [0.3, 0.4) is 0 Å². The van der Waals surface area contributed by atoms with E-state index in [2.05, 4.69) is 9.97 Å². The van der Waals surface area contributed by atoms with Crippen molar-refractivity contribution in [3.63, 3.8) is 0 Å². The summed E-state index contributed by atoms with van der Waals surface area (Å²) in [6.07, 6.45) is 6.78. The molecule has 0 aliphatic heterocycles. The van der Waals surface area contributed by atoms with Crippen LogP contribution in [-0.4, -0.2) is 23.0 Å². The van der Waals surface area contributed by atoms with Gasteiger partial charge in [-0.15, -0.1) is 0 Å². The summed E-state index contributed by atoms with van der Waals surface area (Å²) in [5, 5.41) is 2.05. The molecule has 0 saturated carbocycles. The van der Waals surface area contributed by atoms with Crippen LogP contribution in [-0.2, 0) is 4.74 Å². The van der Waals surface area contributed by atoms with Crippen LogP contribution in [0.4, 0.5) is 0 Å². The second-order valence-electron chi connectivity index (χ2n) is 4.32. The van der Waals surface area contributed by atoms with Crippen LogP contribution in [0.15, 0.2) is 55.1 Å². The SMILES string of the molecule is COC(=O)c1ccncc1-c1cncc2ccccc12. The van der Waals surface area contributed by atoms with Gasteiger partial charge in [0.2, 0.25) is 0 Å². The Morgan fingerprint density at radius 2 is 1.80 bits per heavy atom. The highest BCUT2D eigenvalue weighted by molar-refractivity contribution is 6.03. The monoisotopic (exact) mass is 264 g/mol. The van der Waals surface area contributed by atoms with Crippen LogP contribution in [0.2, 0.25) is 0 Å². The van der Waals surface area contributed by atoms with Crippen LogP contribution in [0.5, 0.6) is 0 Å². The van der Waals surface area contributed by atoms with Gasteiger partial charge in [-0.2, -0.15) is 0 Å². The van der Waals surface area contributed by atoms with Gasteiger partial charge in [-0.25, -0.2) is 4.79 Å². The largest absolute Gasteiger partial charge is 0.465 e. The smallest absolute Gasteiger partial charge is 0.338 e. The third kappa shape index (κ3) is 2.01. The first-order valence-corrected chi connectivity index (χ1v) is 6.16. The van der Waals surface area contributed by atoms with E-state index < -0.39 is 0 Å². The summed E-state index contributed by atoms with van der Waals surface area (Å²) in [5.41, 5.74) is 2.08. The molecule has 0 saturated heterocycles. The van der Waals surface area contributed by atoms with E-state index in [0.717, 1.165) is 21.9 Å².